The lowest BCUT2D eigenvalue weighted by Gasteiger charge is -2.16. The van der Waals surface area contributed by atoms with E-state index in [9.17, 15) is 9.59 Å². The topological polar surface area (TPSA) is 85.2 Å². The van der Waals surface area contributed by atoms with Crippen molar-refractivity contribution in [3.63, 3.8) is 0 Å². The molecular formula is C22H24N4O3. The van der Waals surface area contributed by atoms with Gasteiger partial charge in [-0.3, -0.25) is 14.3 Å². The van der Waals surface area contributed by atoms with E-state index in [2.05, 4.69) is 15.7 Å². The molecule has 7 nitrogen and oxygen atoms in total. The van der Waals surface area contributed by atoms with Crippen molar-refractivity contribution in [1.29, 1.82) is 0 Å². The molecule has 0 fully saturated rings. The van der Waals surface area contributed by atoms with Crippen LogP contribution in [-0.4, -0.2) is 34.2 Å². The number of amides is 2. The van der Waals surface area contributed by atoms with Crippen LogP contribution >= 0.6 is 0 Å². The van der Waals surface area contributed by atoms with E-state index in [1.54, 1.807) is 25.3 Å². The van der Waals surface area contributed by atoms with Crippen LogP contribution in [0.4, 0.5) is 0 Å². The third kappa shape index (κ3) is 6.21. The number of hydrogen-bond acceptors (Lipinski definition) is 4. The average molecular weight is 392 g/mol. The number of ether oxygens (including phenoxy) is 1. The Hall–Kier alpha value is -3.61. The van der Waals surface area contributed by atoms with E-state index in [0.29, 0.717) is 18.8 Å². The van der Waals surface area contributed by atoms with Crippen LogP contribution in [0.1, 0.15) is 18.1 Å². The number of nitrogens with one attached hydrogen (secondary N) is 2. The molecule has 0 saturated carbocycles. The summed E-state index contributed by atoms with van der Waals surface area (Å²) in [5, 5.41) is 9.74. The molecule has 0 unspecified atom stereocenters. The van der Waals surface area contributed by atoms with Crippen LogP contribution in [0.3, 0.4) is 0 Å². The predicted molar refractivity (Wildman–Crippen MR) is 109 cm³/mol. The summed E-state index contributed by atoms with van der Waals surface area (Å²) in [6.45, 7) is 2.50. The number of rotatable bonds is 9. The lowest BCUT2D eigenvalue weighted by molar-refractivity contribution is -0.129. The number of benzene rings is 2. The number of carbonyl (C=O) groups excluding carboxylic acids is 2. The molecule has 2 N–H and O–H groups in total. The second kappa shape index (κ2) is 10.1. The molecule has 0 aliphatic carbocycles. The minimum atomic E-state index is -0.667. The molecule has 3 aromatic rings. The first-order valence-electron chi connectivity index (χ1n) is 9.41. The Labute approximate surface area is 169 Å². The summed E-state index contributed by atoms with van der Waals surface area (Å²) < 4.78 is 7.22. The molecule has 7 heteroatoms. The van der Waals surface area contributed by atoms with Crippen molar-refractivity contribution in [2.75, 3.05) is 6.61 Å². The Morgan fingerprint density at radius 2 is 1.76 bits per heavy atom. The molecule has 3 rings (SSSR count). The Bertz CT molecular complexity index is 926. The van der Waals surface area contributed by atoms with E-state index < -0.39 is 6.04 Å². The van der Waals surface area contributed by atoms with Gasteiger partial charge in [0.25, 0.3) is 5.91 Å². The van der Waals surface area contributed by atoms with Crippen molar-refractivity contribution < 1.29 is 14.3 Å². The number of hydrogen-bond donors (Lipinski definition) is 2. The lowest BCUT2D eigenvalue weighted by atomic mass is 10.1. The first-order chi connectivity index (χ1) is 14.1. The first kappa shape index (κ1) is 20.1. The zero-order valence-electron chi connectivity index (χ0n) is 16.2. The van der Waals surface area contributed by atoms with E-state index in [0.717, 1.165) is 11.1 Å². The van der Waals surface area contributed by atoms with Gasteiger partial charge in [-0.25, -0.2) is 0 Å². The van der Waals surface area contributed by atoms with Crippen LogP contribution in [0.15, 0.2) is 73.1 Å². The zero-order chi connectivity index (χ0) is 20.5. The largest absolute Gasteiger partial charge is 0.484 e. The fourth-order valence-electron chi connectivity index (χ4n) is 2.80. The molecule has 1 aromatic heterocycles. The maximum atomic E-state index is 12.4. The van der Waals surface area contributed by atoms with Crippen molar-refractivity contribution >= 4 is 11.8 Å². The fraction of sp³-hybridized carbons (Fsp3) is 0.227. The summed E-state index contributed by atoms with van der Waals surface area (Å²) in [7, 11) is 0. The average Bonchev–Trinajstić information content (AvgIpc) is 3.25. The van der Waals surface area contributed by atoms with Gasteiger partial charge in [0.15, 0.2) is 6.61 Å². The van der Waals surface area contributed by atoms with E-state index in [-0.39, 0.29) is 18.4 Å². The van der Waals surface area contributed by atoms with Crippen LogP contribution in [-0.2, 0) is 22.7 Å². The van der Waals surface area contributed by atoms with Crippen LogP contribution in [0.25, 0.3) is 0 Å². The number of carbonyl (C=O) groups is 2. The number of aromatic nitrogens is 2. The van der Waals surface area contributed by atoms with Crippen molar-refractivity contribution in [2.24, 2.45) is 0 Å². The summed E-state index contributed by atoms with van der Waals surface area (Å²) in [6.07, 6.45) is 3.63. The van der Waals surface area contributed by atoms with Crippen LogP contribution in [0, 0.1) is 0 Å². The highest BCUT2D eigenvalue weighted by molar-refractivity contribution is 5.87. The molecule has 0 aliphatic rings. The Morgan fingerprint density at radius 1 is 1.03 bits per heavy atom. The van der Waals surface area contributed by atoms with Crippen LogP contribution in [0.5, 0.6) is 5.75 Å². The van der Waals surface area contributed by atoms with Crippen molar-refractivity contribution in [3.8, 4) is 5.75 Å². The highest BCUT2D eigenvalue weighted by Gasteiger charge is 2.16. The van der Waals surface area contributed by atoms with Gasteiger partial charge in [0.1, 0.15) is 11.8 Å². The minimum absolute atomic E-state index is 0.145. The minimum Gasteiger partial charge on any atom is -0.484 e. The van der Waals surface area contributed by atoms with Gasteiger partial charge >= 0.3 is 0 Å². The molecule has 2 amide bonds. The third-order valence-corrected chi connectivity index (χ3v) is 4.35. The summed E-state index contributed by atoms with van der Waals surface area (Å²) >= 11 is 0. The molecular weight excluding hydrogens is 368 g/mol. The normalized spacial score (nSPS) is 11.5. The van der Waals surface area contributed by atoms with Gasteiger partial charge in [0.05, 0.1) is 6.54 Å². The molecule has 0 bridgehead atoms. The van der Waals surface area contributed by atoms with E-state index in [1.807, 2.05) is 59.4 Å². The highest BCUT2D eigenvalue weighted by Crippen LogP contribution is 2.10. The molecule has 150 valence electrons. The molecule has 0 spiro atoms. The van der Waals surface area contributed by atoms with E-state index in [4.69, 9.17) is 4.74 Å². The summed E-state index contributed by atoms with van der Waals surface area (Å²) in [6, 6.07) is 18.1. The quantitative estimate of drug-likeness (QED) is 0.584. The number of nitrogens with zero attached hydrogens (tertiary/aromatic N) is 2. The molecule has 29 heavy (non-hydrogen) atoms. The summed E-state index contributed by atoms with van der Waals surface area (Å²) in [5.74, 6) is -0.00363. The van der Waals surface area contributed by atoms with Crippen LogP contribution in [0.2, 0.25) is 0 Å². The maximum Gasteiger partial charge on any atom is 0.258 e. The molecule has 0 radical (unpaired) electrons. The van der Waals surface area contributed by atoms with E-state index in [1.165, 1.54) is 0 Å². The van der Waals surface area contributed by atoms with Crippen molar-refractivity contribution in [3.05, 3.63) is 84.2 Å². The second-order valence-electron chi connectivity index (χ2n) is 6.58. The fourth-order valence-corrected chi connectivity index (χ4v) is 2.80. The van der Waals surface area contributed by atoms with Gasteiger partial charge in [0, 0.05) is 18.9 Å². The smallest absolute Gasteiger partial charge is 0.258 e. The number of para-hydroxylation sites is 1. The monoisotopic (exact) mass is 392 g/mol. The van der Waals surface area contributed by atoms with Crippen molar-refractivity contribution in [2.45, 2.75) is 26.1 Å². The molecule has 2 aromatic carbocycles. The zero-order valence-corrected chi connectivity index (χ0v) is 16.2. The predicted octanol–water partition coefficient (Wildman–Crippen LogP) is 2.13. The molecule has 0 saturated heterocycles. The Morgan fingerprint density at radius 3 is 2.48 bits per heavy atom. The summed E-state index contributed by atoms with van der Waals surface area (Å²) in [5.41, 5.74) is 2.08. The first-order valence-corrected chi connectivity index (χ1v) is 9.41. The van der Waals surface area contributed by atoms with Gasteiger partial charge in [-0.1, -0.05) is 42.5 Å². The maximum absolute atomic E-state index is 12.4. The molecule has 0 aliphatic heterocycles. The van der Waals surface area contributed by atoms with E-state index >= 15 is 0 Å². The lowest BCUT2D eigenvalue weighted by Crippen LogP contribution is -2.46. The van der Waals surface area contributed by atoms with Gasteiger partial charge in [-0.05, 0) is 36.2 Å². The summed E-state index contributed by atoms with van der Waals surface area (Å²) in [4.78, 5) is 24.4. The Kier molecular flexibility index (Phi) is 7.00. The Balaban J connectivity index is 1.47. The van der Waals surface area contributed by atoms with Gasteiger partial charge in [-0.2, -0.15) is 5.10 Å². The van der Waals surface area contributed by atoms with Gasteiger partial charge in [0.2, 0.25) is 5.91 Å². The molecule has 1 heterocycles. The third-order valence-electron chi connectivity index (χ3n) is 4.35. The van der Waals surface area contributed by atoms with Crippen molar-refractivity contribution in [1.82, 2.24) is 20.4 Å². The van der Waals surface area contributed by atoms with Crippen LogP contribution < -0.4 is 15.4 Å². The standard InChI is InChI=1S/C22H24N4O3/c1-17(25-21(27)16-29-20-10-3-2-4-11-20)22(28)23-14-18-8-5-6-9-19(18)15-26-13-7-12-24-26/h2-13,17H,14-16H2,1H3,(H,23,28)(H,25,27)/t17-/m0/s1. The second-order valence-corrected chi connectivity index (χ2v) is 6.58. The SMILES string of the molecule is C[C@H](NC(=O)COc1ccccc1)C(=O)NCc1ccccc1Cn1cccn1. The highest BCUT2D eigenvalue weighted by atomic mass is 16.5. The molecule has 1 atom stereocenters. The van der Waals surface area contributed by atoms with Gasteiger partial charge in [-0.15, -0.1) is 0 Å². The van der Waals surface area contributed by atoms with Gasteiger partial charge < -0.3 is 15.4 Å².